The molecule has 1 aromatic carbocycles. The van der Waals surface area contributed by atoms with Crippen molar-refractivity contribution >= 4 is 17.2 Å². The fraction of sp³-hybridized carbons (Fsp3) is 0.588. The number of hydrogen-bond acceptors (Lipinski definition) is 4. The van der Waals surface area contributed by atoms with Gasteiger partial charge in [-0.3, -0.25) is 9.69 Å². The zero-order chi connectivity index (χ0) is 15.1. The van der Waals surface area contributed by atoms with Crippen molar-refractivity contribution in [2.24, 2.45) is 0 Å². The van der Waals surface area contributed by atoms with Crippen LogP contribution in [-0.2, 0) is 6.42 Å². The third-order valence-electron chi connectivity index (χ3n) is 5.01. The summed E-state index contributed by atoms with van der Waals surface area (Å²) in [5.74, 6) is 0.166. The summed E-state index contributed by atoms with van der Waals surface area (Å²) in [5, 5.41) is 3.43. The second-order valence-corrected chi connectivity index (χ2v) is 6.53. The number of Topliss-reactive ketones (excluding diaryl/α,β-unsaturated/α-hetero) is 1. The first-order valence-corrected chi connectivity index (χ1v) is 7.86. The number of rotatable bonds is 2. The molecule has 0 saturated carbocycles. The Labute approximate surface area is 127 Å². The smallest absolute Gasteiger partial charge is 0.161 e. The number of hydrogen-bond donors (Lipinski definition) is 1. The van der Waals surface area contributed by atoms with Crippen LogP contribution in [0.3, 0.4) is 0 Å². The van der Waals surface area contributed by atoms with Gasteiger partial charge in [-0.25, -0.2) is 0 Å². The van der Waals surface area contributed by atoms with Crippen molar-refractivity contribution in [3.05, 3.63) is 23.3 Å². The lowest BCUT2D eigenvalue weighted by molar-refractivity contribution is 0.101. The number of nitrogens with one attached hydrogen (secondary N) is 1. The summed E-state index contributed by atoms with van der Waals surface area (Å²) in [6.07, 6.45) is 1.02. The van der Waals surface area contributed by atoms with Crippen molar-refractivity contribution in [1.29, 1.82) is 0 Å². The Kier molecular flexibility index (Phi) is 3.66. The quantitative estimate of drug-likeness (QED) is 0.847. The van der Waals surface area contributed by atoms with Gasteiger partial charge in [0.1, 0.15) is 0 Å². The number of benzene rings is 1. The van der Waals surface area contributed by atoms with Crippen LogP contribution in [0.5, 0.6) is 0 Å². The molecular formula is C17H25N3O. The molecule has 1 N–H and O–H groups in total. The van der Waals surface area contributed by atoms with E-state index in [1.807, 2.05) is 0 Å². The minimum Gasteiger partial charge on any atom is -0.384 e. The molecule has 21 heavy (non-hydrogen) atoms. The van der Waals surface area contributed by atoms with Crippen LogP contribution in [-0.4, -0.2) is 49.4 Å². The molecule has 0 aliphatic carbocycles. The molecule has 0 amide bonds. The van der Waals surface area contributed by atoms with Gasteiger partial charge in [-0.15, -0.1) is 0 Å². The lowest BCUT2D eigenvalue weighted by Gasteiger charge is -2.44. The second kappa shape index (κ2) is 5.34. The van der Waals surface area contributed by atoms with E-state index >= 15 is 0 Å². The van der Waals surface area contributed by atoms with Gasteiger partial charge in [0.15, 0.2) is 5.78 Å². The second-order valence-electron chi connectivity index (χ2n) is 6.53. The Morgan fingerprint density at radius 2 is 1.90 bits per heavy atom. The molecule has 114 valence electrons. The zero-order valence-electron chi connectivity index (χ0n) is 13.4. The highest BCUT2D eigenvalue weighted by molar-refractivity contribution is 6.01. The van der Waals surface area contributed by atoms with E-state index in [4.69, 9.17) is 0 Å². The fourth-order valence-corrected chi connectivity index (χ4v) is 3.48. The number of anilines is 2. The van der Waals surface area contributed by atoms with Gasteiger partial charge in [-0.05, 0) is 51.9 Å². The molecule has 2 heterocycles. The average Bonchev–Trinajstić information content (AvgIpc) is 2.90. The Balaban J connectivity index is 1.99. The van der Waals surface area contributed by atoms with Crippen LogP contribution in [0.25, 0.3) is 0 Å². The Morgan fingerprint density at radius 3 is 2.52 bits per heavy atom. The highest BCUT2D eigenvalue weighted by Crippen LogP contribution is 2.33. The molecule has 2 aliphatic heterocycles. The van der Waals surface area contributed by atoms with Crippen LogP contribution in [0.4, 0.5) is 11.4 Å². The fourth-order valence-electron chi connectivity index (χ4n) is 3.48. The molecule has 2 aliphatic rings. The summed E-state index contributed by atoms with van der Waals surface area (Å²) in [5.41, 5.74) is 4.46. The maximum absolute atomic E-state index is 12.1. The first kappa shape index (κ1) is 14.4. The van der Waals surface area contributed by atoms with Crippen LogP contribution in [0, 0.1) is 0 Å². The van der Waals surface area contributed by atoms with Crippen molar-refractivity contribution in [3.63, 3.8) is 0 Å². The first-order valence-electron chi connectivity index (χ1n) is 7.86. The van der Waals surface area contributed by atoms with E-state index in [-0.39, 0.29) is 5.78 Å². The normalized spacial score (nSPS) is 25.6. The Morgan fingerprint density at radius 1 is 1.24 bits per heavy atom. The molecule has 0 unspecified atom stereocenters. The lowest BCUT2D eigenvalue weighted by Crippen LogP contribution is -2.55. The van der Waals surface area contributed by atoms with E-state index in [0.29, 0.717) is 12.1 Å². The van der Waals surface area contributed by atoms with Crippen LogP contribution >= 0.6 is 0 Å². The van der Waals surface area contributed by atoms with E-state index in [1.165, 1.54) is 11.3 Å². The van der Waals surface area contributed by atoms with E-state index < -0.39 is 0 Å². The zero-order valence-corrected chi connectivity index (χ0v) is 13.4. The Hall–Kier alpha value is -1.55. The minimum atomic E-state index is 0.166. The van der Waals surface area contributed by atoms with Crippen molar-refractivity contribution < 1.29 is 4.79 Å². The lowest BCUT2D eigenvalue weighted by atomic mass is 10.0. The summed E-state index contributed by atoms with van der Waals surface area (Å²) in [4.78, 5) is 16.9. The van der Waals surface area contributed by atoms with Crippen molar-refractivity contribution in [2.75, 3.05) is 36.9 Å². The number of likely N-dealkylation sites (N-methyl/N-ethyl adjacent to an activating group) is 1. The van der Waals surface area contributed by atoms with E-state index in [0.717, 1.165) is 37.3 Å². The molecule has 1 fully saturated rings. The van der Waals surface area contributed by atoms with Gasteiger partial charge in [0.2, 0.25) is 0 Å². The monoisotopic (exact) mass is 287 g/mol. The summed E-state index contributed by atoms with van der Waals surface area (Å²) in [7, 11) is 2.18. The van der Waals surface area contributed by atoms with Crippen molar-refractivity contribution in [3.8, 4) is 0 Å². The number of nitrogens with zero attached hydrogens (tertiary/aromatic N) is 2. The number of carbonyl (C=O) groups is 1. The maximum Gasteiger partial charge on any atom is 0.161 e. The molecule has 4 nitrogen and oxygen atoms in total. The predicted molar refractivity (Wildman–Crippen MR) is 87.5 cm³/mol. The van der Waals surface area contributed by atoms with Gasteiger partial charge in [0, 0.05) is 48.7 Å². The van der Waals surface area contributed by atoms with Gasteiger partial charge in [-0.2, -0.15) is 0 Å². The predicted octanol–water partition coefficient (Wildman–Crippen LogP) is 2.39. The molecule has 0 aromatic heterocycles. The number of fused-ring (bicyclic) bond motifs is 1. The molecule has 1 aromatic rings. The maximum atomic E-state index is 12.1. The topological polar surface area (TPSA) is 35.6 Å². The molecule has 3 rings (SSSR count). The largest absolute Gasteiger partial charge is 0.384 e. The number of carbonyl (C=O) groups excluding carboxylic acids is 1. The SMILES string of the molecule is CC(=O)c1cc2c(cc1N1C[C@@H](C)N(C)[C@@H](C)C1)NCC2. The van der Waals surface area contributed by atoms with Gasteiger partial charge < -0.3 is 10.2 Å². The highest BCUT2D eigenvalue weighted by atomic mass is 16.1. The van der Waals surface area contributed by atoms with Gasteiger partial charge >= 0.3 is 0 Å². The third kappa shape index (κ3) is 2.53. The Bertz CT molecular complexity index is 557. The summed E-state index contributed by atoms with van der Waals surface area (Å²) < 4.78 is 0. The summed E-state index contributed by atoms with van der Waals surface area (Å²) >= 11 is 0. The highest BCUT2D eigenvalue weighted by Gasteiger charge is 2.29. The average molecular weight is 287 g/mol. The summed E-state index contributed by atoms with van der Waals surface area (Å²) in [6, 6.07) is 5.27. The molecular weight excluding hydrogens is 262 g/mol. The van der Waals surface area contributed by atoms with E-state index in [1.54, 1.807) is 6.92 Å². The van der Waals surface area contributed by atoms with Crippen LogP contribution in [0.1, 0.15) is 36.7 Å². The van der Waals surface area contributed by atoms with E-state index in [9.17, 15) is 4.79 Å². The molecule has 0 bridgehead atoms. The van der Waals surface area contributed by atoms with Crippen LogP contribution in [0.15, 0.2) is 12.1 Å². The molecule has 1 saturated heterocycles. The molecule has 4 heteroatoms. The van der Waals surface area contributed by atoms with Crippen LogP contribution < -0.4 is 10.2 Å². The van der Waals surface area contributed by atoms with Gasteiger partial charge in [0.05, 0.1) is 0 Å². The van der Waals surface area contributed by atoms with Crippen molar-refractivity contribution in [1.82, 2.24) is 4.90 Å². The summed E-state index contributed by atoms with van der Waals surface area (Å²) in [6.45, 7) is 9.10. The van der Waals surface area contributed by atoms with E-state index in [2.05, 4.69) is 48.1 Å². The number of piperazine rings is 1. The molecule has 0 radical (unpaired) electrons. The number of ketones is 1. The van der Waals surface area contributed by atoms with Gasteiger partial charge in [-0.1, -0.05) is 0 Å². The van der Waals surface area contributed by atoms with Crippen molar-refractivity contribution in [2.45, 2.75) is 39.3 Å². The van der Waals surface area contributed by atoms with Crippen LogP contribution in [0.2, 0.25) is 0 Å². The minimum absolute atomic E-state index is 0.166. The molecule has 2 atom stereocenters. The molecule has 0 spiro atoms. The third-order valence-corrected chi connectivity index (χ3v) is 5.01. The van der Waals surface area contributed by atoms with Gasteiger partial charge in [0.25, 0.3) is 0 Å². The first-order chi connectivity index (χ1) is 9.97. The standard InChI is InChI=1S/C17H25N3O/c1-11-9-20(10-12(2)19(11)4)17-8-16-14(5-6-18-16)7-15(17)13(3)21/h7-8,11-12,18H,5-6,9-10H2,1-4H3/t11-,12+.